The largest absolute Gasteiger partial charge is 0.364 e. The number of hydrogen-bond acceptors (Lipinski definition) is 6. The van der Waals surface area contributed by atoms with Crippen molar-refractivity contribution in [2.24, 2.45) is 0 Å². The van der Waals surface area contributed by atoms with Gasteiger partial charge in [-0.05, 0) is 18.2 Å². The molecule has 0 saturated carbocycles. The topological polar surface area (TPSA) is 58.6 Å². The molecule has 2 aromatic rings. The van der Waals surface area contributed by atoms with E-state index in [1.54, 1.807) is 35.7 Å². The zero-order valence-corrected chi connectivity index (χ0v) is 11.6. The van der Waals surface area contributed by atoms with Crippen molar-refractivity contribution in [2.75, 3.05) is 31.1 Å². The smallest absolute Gasteiger partial charge is 0.357 e. The first kappa shape index (κ1) is 13.5. The van der Waals surface area contributed by atoms with E-state index in [4.69, 9.17) is 4.84 Å². The molecule has 108 valence electrons. The van der Waals surface area contributed by atoms with Crippen LogP contribution in [0.5, 0.6) is 0 Å². The average Bonchev–Trinajstić information content (AvgIpc) is 2.57. The Hall–Kier alpha value is -2.47. The molecule has 1 aromatic carbocycles. The van der Waals surface area contributed by atoms with E-state index in [1.807, 2.05) is 18.2 Å². The number of carbonyl (C=O) groups is 1. The van der Waals surface area contributed by atoms with Gasteiger partial charge in [0.15, 0.2) is 0 Å². The van der Waals surface area contributed by atoms with Crippen LogP contribution in [0.3, 0.4) is 0 Å². The van der Waals surface area contributed by atoms with Gasteiger partial charge in [-0.1, -0.05) is 18.2 Å². The third-order valence-electron chi connectivity index (χ3n) is 3.30. The summed E-state index contributed by atoms with van der Waals surface area (Å²) in [5.74, 6) is 0.395. The molecule has 0 N–H and O–H groups in total. The molecule has 0 bridgehead atoms. The van der Waals surface area contributed by atoms with Crippen LogP contribution in [0.25, 0.3) is 0 Å². The van der Waals surface area contributed by atoms with E-state index in [0.717, 1.165) is 13.1 Å². The Kier molecular flexibility index (Phi) is 4.07. The van der Waals surface area contributed by atoms with Crippen LogP contribution in [0.1, 0.15) is 10.4 Å². The first-order valence-electron chi connectivity index (χ1n) is 6.87. The molecular formula is C15H16N4O2. The molecule has 6 nitrogen and oxygen atoms in total. The minimum Gasteiger partial charge on any atom is -0.364 e. The summed E-state index contributed by atoms with van der Waals surface area (Å²) < 4.78 is 0. The van der Waals surface area contributed by atoms with Crippen LogP contribution in [0.2, 0.25) is 0 Å². The summed E-state index contributed by atoms with van der Waals surface area (Å²) in [5.41, 5.74) is 0.561. The highest BCUT2D eigenvalue weighted by molar-refractivity contribution is 5.89. The van der Waals surface area contributed by atoms with Gasteiger partial charge in [0.1, 0.15) is 0 Å². The van der Waals surface area contributed by atoms with E-state index >= 15 is 0 Å². The summed E-state index contributed by atoms with van der Waals surface area (Å²) in [6.07, 6.45) is 3.45. The summed E-state index contributed by atoms with van der Waals surface area (Å²) in [5, 5.41) is 1.69. The number of carbonyl (C=O) groups excluding carboxylic acids is 1. The van der Waals surface area contributed by atoms with Crippen molar-refractivity contribution >= 4 is 11.9 Å². The number of piperazine rings is 1. The number of rotatable bonds is 3. The number of anilines is 1. The van der Waals surface area contributed by atoms with E-state index in [-0.39, 0.29) is 5.97 Å². The van der Waals surface area contributed by atoms with Crippen molar-refractivity contribution in [3.63, 3.8) is 0 Å². The number of nitrogens with zero attached hydrogens (tertiary/aromatic N) is 4. The Morgan fingerprint density at radius 2 is 1.62 bits per heavy atom. The predicted molar refractivity (Wildman–Crippen MR) is 77.7 cm³/mol. The van der Waals surface area contributed by atoms with Crippen LogP contribution in [0.4, 0.5) is 5.95 Å². The minimum atomic E-state index is -0.319. The first-order chi connectivity index (χ1) is 10.3. The van der Waals surface area contributed by atoms with Gasteiger partial charge >= 0.3 is 5.97 Å². The second kappa shape index (κ2) is 6.32. The van der Waals surface area contributed by atoms with Crippen molar-refractivity contribution < 1.29 is 9.63 Å². The van der Waals surface area contributed by atoms with Gasteiger partial charge in [-0.3, -0.25) is 0 Å². The summed E-state index contributed by atoms with van der Waals surface area (Å²) >= 11 is 0. The van der Waals surface area contributed by atoms with Crippen LogP contribution in [-0.2, 0) is 4.84 Å². The molecule has 2 heterocycles. The number of hydroxylamine groups is 2. The molecular weight excluding hydrogens is 268 g/mol. The second-order valence-corrected chi connectivity index (χ2v) is 4.71. The molecule has 6 heteroatoms. The molecule has 1 aliphatic rings. The summed E-state index contributed by atoms with van der Waals surface area (Å²) in [6, 6.07) is 10.8. The molecule has 1 saturated heterocycles. The van der Waals surface area contributed by atoms with Gasteiger partial charge in [-0.15, -0.1) is 5.06 Å². The molecule has 1 aliphatic heterocycles. The van der Waals surface area contributed by atoms with Gasteiger partial charge in [-0.25, -0.2) is 14.8 Å². The minimum absolute atomic E-state index is 0.319. The molecule has 0 spiro atoms. The van der Waals surface area contributed by atoms with Crippen molar-refractivity contribution in [3.05, 3.63) is 54.4 Å². The number of benzene rings is 1. The maximum absolute atomic E-state index is 12.0. The summed E-state index contributed by atoms with van der Waals surface area (Å²) in [6.45, 7) is 2.73. The van der Waals surface area contributed by atoms with E-state index < -0.39 is 0 Å². The average molecular weight is 284 g/mol. The zero-order chi connectivity index (χ0) is 14.5. The molecule has 0 atom stereocenters. The fourth-order valence-corrected chi connectivity index (χ4v) is 2.18. The Balaban J connectivity index is 1.53. The highest BCUT2D eigenvalue weighted by Crippen LogP contribution is 2.11. The second-order valence-electron chi connectivity index (χ2n) is 4.71. The van der Waals surface area contributed by atoms with Gasteiger partial charge in [0.2, 0.25) is 5.95 Å². The Morgan fingerprint density at radius 1 is 0.952 bits per heavy atom. The fourth-order valence-electron chi connectivity index (χ4n) is 2.18. The van der Waals surface area contributed by atoms with Gasteiger partial charge in [0.25, 0.3) is 0 Å². The van der Waals surface area contributed by atoms with Crippen LogP contribution in [0.15, 0.2) is 48.8 Å². The Labute approximate surface area is 122 Å². The highest BCUT2D eigenvalue weighted by atomic mass is 16.7. The van der Waals surface area contributed by atoms with E-state index in [0.29, 0.717) is 24.6 Å². The maximum atomic E-state index is 12.0. The quantitative estimate of drug-likeness (QED) is 0.848. The van der Waals surface area contributed by atoms with E-state index in [2.05, 4.69) is 14.9 Å². The van der Waals surface area contributed by atoms with Gasteiger partial charge in [-0.2, -0.15) is 0 Å². The van der Waals surface area contributed by atoms with Crippen LogP contribution in [-0.4, -0.2) is 47.2 Å². The summed E-state index contributed by atoms with van der Waals surface area (Å²) in [7, 11) is 0. The lowest BCUT2D eigenvalue weighted by Crippen LogP contribution is -2.47. The van der Waals surface area contributed by atoms with Crippen molar-refractivity contribution in [1.82, 2.24) is 15.0 Å². The van der Waals surface area contributed by atoms with E-state index in [9.17, 15) is 4.79 Å². The van der Waals surface area contributed by atoms with Crippen molar-refractivity contribution in [2.45, 2.75) is 0 Å². The Morgan fingerprint density at radius 3 is 2.29 bits per heavy atom. The lowest BCUT2D eigenvalue weighted by atomic mass is 10.2. The third kappa shape index (κ3) is 3.35. The van der Waals surface area contributed by atoms with Crippen molar-refractivity contribution in [3.8, 4) is 0 Å². The third-order valence-corrected chi connectivity index (χ3v) is 3.30. The lowest BCUT2D eigenvalue weighted by molar-refractivity contribution is -0.112. The molecule has 0 amide bonds. The van der Waals surface area contributed by atoms with Crippen LogP contribution >= 0.6 is 0 Å². The number of hydrogen-bond donors (Lipinski definition) is 0. The van der Waals surface area contributed by atoms with Gasteiger partial charge in [0, 0.05) is 25.5 Å². The van der Waals surface area contributed by atoms with Gasteiger partial charge < -0.3 is 9.74 Å². The molecule has 1 fully saturated rings. The molecule has 3 rings (SSSR count). The normalized spacial score (nSPS) is 15.7. The van der Waals surface area contributed by atoms with Crippen LogP contribution in [0, 0.1) is 0 Å². The summed E-state index contributed by atoms with van der Waals surface area (Å²) in [4.78, 5) is 27.9. The highest BCUT2D eigenvalue weighted by Gasteiger charge is 2.22. The predicted octanol–water partition coefficient (Wildman–Crippen LogP) is 1.37. The Bertz CT molecular complexity index is 583. The molecule has 0 unspecified atom stereocenters. The monoisotopic (exact) mass is 284 g/mol. The van der Waals surface area contributed by atoms with Crippen LogP contribution < -0.4 is 4.90 Å². The molecule has 0 aliphatic carbocycles. The number of aromatic nitrogens is 2. The standard InChI is InChI=1S/C15H16N4O2/c20-14(13-5-2-1-3-6-13)21-19-11-9-18(10-12-19)15-16-7-4-8-17-15/h1-8H,9-12H2. The first-order valence-corrected chi connectivity index (χ1v) is 6.87. The van der Waals surface area contributed by atoms with Crippen molar-refractivity contribution in [1.29, 1.82) is 0 Å². The molecule has 21 heavy (non-hydrogen) atoms. The van der Waals surface area contributed by atoms with E-state index in [1.165, 1.54) is 0 Å². The zero-order valence-electron chi connectivity index (χ0n) is 11.6. The molecule has 1 aromatic heterocycles. The SMILES string of the molecule is O=C(ON1CCN(c2ncccn2)CC1)c1ccccc1. The lowest BCUT2D eigenvalue weighted by Gasteiger charge is -2.33. The fraction of sp³-hybridized carbons (Fsp3) is 0.267. The molecule has 0 radical (unpaired) electrons. The maximum Gasteiger partial charge on any atom is 0.357 e. The van der Waals surface area contributed by atoms with Gasteiger partial charge in [0.05, 0.1) is 18.7 Å².